The highest BCUT2D eigenvalue weighted by Gasteiger charge is 2.16. The Kier molecular flexibility index (Phi) is 3.64. The number of aryl methyl sites for hydroxylation is 2. The SMILES string of the molecule is Cc1nn(C)c(NCC2CCCCN2)c1C#N. The van der Waals surface area contributed by atoms with Crippen LogP contribution in [0.3, 0.4) is 0 Å². The molecule has 5 nitrogen and oxygen atoms in total. The molecule has 2 heterocycles. The fourth-order valence-electron chi connectivity index (χ4n) is 2.31. The molecule has 1 saturated heterocycles. The van der Waals surface area contributed by atoms with Crippen molar-refractivity contribution in [3.63, 3.8) is 0 Å². The highest BCUT2D eigenvalue weighted by molar-refractivity contribution is 5.55. The normalized spacial score (nSPS) is 19.9. The number of rotatable bonds is 3. The molecule has 1 aromatic rings. The molecule has 17 heavy (non-hydrogen) atoms. The molecule has 5 heteroatoms. The zero-order chi connectivity index (χ0) is 12.3. The van der Waals surface area contributed by atoms with Crippen molar-refractivity contribution in [1.29, 1.82) is 5.26 Å². The van der Waals surface area contributed by atoms with E-state index in [4.69, 9.17) is 5.26 Å². The van der Waals surface area contributed by atoms with Gasteiger partial charge >= 0.3 is 0 Å². The number of piperidine rings is 1. The van der Waals surface area contributed by atoms with Crippen LogP contribution in [0.1, 0.15) is 30.5 Å². The van der Waals surface area contributed by atoms with Crippen LogP contribution in [-0.4, -0.2) is 28.9 Å². The van der Waals surface area contributed by atoms with Crippen molar-refractivity contribution in [1.82, 2.24) is 15.1 Å². The zero-order valence-corrected chi connectivity index (χ0v) is 10.5. The van der Waals surface area contributed by atoms with Gasteiger partial charge in [-0.2, -0.15) is 10.4 Å². The number of anilines is 1. The van der Waals surface area contributed by atoms with E-state index in [0.717, 1.165) is 24.6 Å². The van der Waals surface area contributed by atoms with Crippen LogP contribution in [0.4, 0.5) is 5.82 Å². The summed E-state index contributed by atoms with van der Waals surface area (Å²) in [6, 6.07) is 2.71. The highest BCUT2D eigenvalue weighted by Crippen LogP contribution is 2.17. The second-order valence-corrected chi connectivity index (χ2v) is 4.57. The highest BCUT2D eigenvalue weighted by atomic mass is 15.3. The van der Waals surface area contributed by atoms with Crippen LogP contribution >= 0.6 is 0 Å². The van der Waals surface area contributed by atoms with E-state index in [0.29, 0.717) is 11.6 Å². The molecule has 1 aromatic heterocycles. The van der Waals surface area contributed by atoms with Crippen LogP contribution in [0, 0.1) is 18.3 Å². The van der Waals surface area contributed by atoms with Crippen molar-refractivity contribution in [2.75, 3.05) is 18.4 Å². The first-order chi connectivity index (χ1) is 8.22. The second-order valence-electron chi connectivity index (χ2n) is 4.57. The number of nitrogens with one attached hydrogen (secondary N) is 2. The van der Waals surface area contributed by atoms with Crippen LogP contribution in [-0.2, 0) is 7.05 Å². The van der Waals surface area contributed by atoms with Crippen LogP contribution < -0.4 is 10.6 Å². The molecule has 0 aliphatic carbocycles. The maximum absolute atomic E-state index is 9.09. The zero-order valence-electron chi connectivity index (χ0n) is 10.5. The first-order valence-corrected chi connectivity index (χ1v) is 6.13. The van der Waals surface area contributed by atoms with Gasteiger partial charge in [-0.15, -0.1) is 0 Å². The van der Waals surface area contributed by atoms with Gasteiger partial charge in [0.1, 0.15) is 17.5 Å². The summed E-state index contributed by atoms with van der Waals surface area (Å²) in [6.07, 6.45) is 3.76. The summed E-state index contributed by atoms with van der Waals surface area (Å²) in [4.78, 5) is 0. The predicted octanol–water partition coefficient (Wildman–Crippen LogP) is 1.15. The van der Waals surface area contributed by atoms with Gasteiger partial charge in [-0.1, -0.05) is 6.42 Å². The van der Waals surface area contributed by atoms with Gasteiger partial charge in [0.05, 0.1) is 5.69 Å². The van der Waals surface area contributed by atoms with E-state index in [1.807, 2.05) is 14.0 Å². The lowest BCUT2D eigenvalue weighted by Crippen LogP contribution is -2.39. The number of hydrogen-bond acceptors (Lipinski definition) is 4. The average molecular weight is 233 g/mol. The van der Waals surface area contributed by atoms with E-state index in [1.54, 1.807) is 4.68 Å². The molecular formula is C12H19N5. The van der Waals surface area contributed by atoms with Crippen molar-refractivity contribution in [2.45, 2.75) is 32.2 Å². The van der Waals surface area contributed by atoms with E-state index in [1.165, 1.54) is 19.3 Å². The molecule has 1 atom stereocenters. The molecule has 0 saturated carbocycles. The van der Waals surface area contributed by atoms with Gasteiger partial charge in [-0.05, 0) is 26.3 Å². The van der Waals surface area contributed by atoms with E-state index < -0.39 is 0 Å². The lowest BCUT2D eigenvalue weighted by molar-refractivity contribution is 0.413. The molecule has 2 rings (SSSR count). The molecule has 2 N–H and O–H groups in total. The van der Waals surface area contributed by atoms with E-state index in [-0.39, 0.29) is 0 Å². The van der Waals surface area contributed by atoms with Crippen LogP contribution in [0.2, 0.25) is 0 Å². The van der Waals surface area contributed by atoms with E-state index >= 15 is 0 Å². The molecule has 1 unspecified atom stereocenters. The lowest BCUT2D eigenvalue weighted by Gasteiger charge is -2.24. The number of hydrogen-bond donors (Lipinski definition) is 2. The smallest absolute Gasteiger partial charge is 0.142 e. The molecule has 0 spiro atoms. The van der Waals surface area contributed by atoms with Crippen molar-refractivity contribution >= 4 is 5.82 Å². The van der Waals surface area contributed by atoms with Gasteiger partial charge in [0.15, 0.2) is 0 Å². The largest absolute Gasteiger partial charge is 0.368 e. The predicted molar refractivity (Wildman–Crippen MR) is 66.8 cm³/mol. The summed E-state index contributed by atoms with van der Waals surface area (Å²) in [7, 11) is 1.87. The number of aromatic nitrogens is 2. The second kappa shape index (κ2) is 5.19. The Hall–Kier alpha value is -1.54. The Morgan fingerprint density at radius 3 is 3.06 bits per heavy atom. The maximum atomic E-state index is 9.09. The Labute approximate surface area is 102 Å². The van der Waals surface area contributed by atoms with Crippen LogP contribution in [0.25, 0.3) is 0 Å². The van der Waals surface area contributed by atoms with Crippen LogP contribution in [0.15, 0.2) is 0 Å². The Morgan fingerprint density at radius 1 is 1.59 bits per heavy atom. The number of nitriles is 1. The minimum absolute atomic E-state index is 0.505. The molecule has 1 aliphatic rings. The summed E-state index contributed by atoms with van der Waals surface area (Å²) in [5.74, 6) is 0.831. The van der Waals surface area contributed by atoms with E-state index in [2.05, 4.69) is 21.8 Å². The third-order valence-electron chi connectivity index (χ3n) is 3.26. The molecule has 0 radical (unpaired) electrons. The summed E-state index contributed by atoms with van der Waals surface area (Å²) >= 11 is 0. The summed E-state index contributed by atoms with van der Waals surface area (Å²) in [5, 5.41) is 20.2. The fraction of sp³-hybridized carbons (Fsp3) is 0.667. The molecule has 1 fully saturated rings. The molecule has 92 valence electrons. The van der Waals surface area contributed by atoms with Gasteiger partial charge in [-0.25, -0.2) is 0 Å². The quantitative estimate of drug-likeness (QED) is 0.822. The fourth-order valence-corrected chi connectivity index (χ4v) is 2.31. The lowest BCUT2D eigenvalue weighted by atomic mass is 10.1. The minimum atomic E-state index is 0.505. The Bertz CT molecular complexity index is 423. The van der Waals surface area contributed by atoms with Gasteiger partial charge < -0.3 is 10.6 Å². The first-order valence-electron chi connectivity index (χ1n) is 6.13. The van der Waals surface area contributed by atoms with Crippen molar-refractivity contribution in [2.24, 2.45) is 7.05 Å². The molecule has 0 bridgehead atoms. The van der Waals surface area contributed by atoms with Gasteiger partial charge in [-0.3, -0.25) is 4.68 Å². The van der Waals surface area contributed by atoms with Crippen molar-refractivity contribution < 1.29 is 0 Å². The summed E-state index contributed by atoms with van der Waals surface area (Å²) in [6.45, 7) is 3.82. The van der Waals surface area contributed by atoms with Gasteiger partial charge in [0.2, 0.25) is 0 Å². The Morgan fingerprint density at radius 2 is 2.41 bits per heavy atom. The third kappa shape index (κ3) is 2.59. The average Bonchev–Trinajstić information content (AvgIpc) is 2.62. The molecule has 0 aromatic carbocycles. The maximum Gasteiger partial charge on any atom is 0.142 e. The standard InChI is InChI=1S/C12H19N5/c1-9-11(7-13)12(17(2)16-9)15-8-10-5-3-4-6-14-10/h10,14-15H,3-6,8H2,1-2H3. The number of nitrogens with zero attached hydrogens (tertiary/aromatic N) is 3. The minimum Gasteiger partial charge on any atom is -0.368 e. The summed E-state index contributed by atoms with van der Waals surface area (Å²) < 4.78 is 1.75. The van der Waals surface area contributed by atoms with Gasteiger partial charge in [0.25, 0.3) is 0 Å². The molecule has 1 aliphatic heterocycles. The monoisotopic (exact) mass is 233 g/mol. The topological polar surface area (TPSA) is 65.7 Å². The first kappa shape index (κ1) is 11.9. The van der Waals surface area contributed by atoms with E-state index in [9.17, 15) is 0 Å². The van der Waals surface area contributed by atoms with Crippen molar-refractivity contribution in [3.05, 3.63) is 11.3 Å². The van der Waals surface area contributed by atoms with Gasteiger partial charge in [0, 0.05) is 19.6 Å². The molecule has 0 amide bonds. The van der Waals surface area contributed by atoms with Crippen molar-refractivity contribution in [3.8, 4) is 6.07 Å². The molecular weight excluding hydrogens is 214 g/mol. The van der Waals surface area contributed by atoms with Crippen LogP contribution in [0.5, 0.6) is 0 Å². The third-order valence-corrected chi connectivity index (χ3v) is 3.26. The summed E-state index contributed by atoms with van der Waals surface area (Å²) in [5.41, 5.74) is 1.44. The Balaban J connectivity index is 2.01.